The molecule has 0 aliphatic rings. The van der Waals surface area contributed by atoms with E-state index in [1.54, 1.807) is 25.6 Å². The van der Waals surface area contributed by atoms with Crippen molar-refractivity contribution in [2.24, 2.45) is 5.73 Å². The fourth-order valence-corrected chi connectivity index (χ4v) is 3.37. The molecular weight excluding hydrogens is 282 g/mol. The zero-order valence-electron chi connectivity index (χ0n) is 13.7. The Morgan fingerprint density at radius 3 is 2.33 bits per heavy atom. The third-order valence-electron chi connectivity index (χ3n) is 3.34. The SMILES string of the molecule is CCOC(=O)C(C)(N)CC(C)Sc1ccc(C(C)C)cc1. The summed E-state index contributed by atoms with van der Waals surface area (Å²) in [7, 11) is 0. The first kappa shape index (κ1) is 18.1. The monoisotopic (exact) mass is 309 g/mol. The van der Waals surface area contributed by atoms with Gasteiger partial charge in [-0.25, -0.2) is 0 Å². The summed E-state index contributed by atoms with van der Waals surface area (Å²) in [5.41, 5.74) is 6.48. The van der Waals surface area contributed by atoms with Crippen molar-refractivity contribution < 1.29 is 9.53 Å². The van der Waals surface area contributed by atoms with Crippen molar-refractivity contribution in [1.82, 2.24) is 0 Å². The van der Waals surface area contributed by atoms with Gasteiger partial charge in [-0.15, -0.1) is 11.8 Å². The molecule has 0 fully saturated rings. The molecule has 0 spiro atoms. The van der Waals surface area contributed by atoms with Crippen molar-refractivity contribution >= 4 is 17.7 Å². The van der Waals surface area contributed by atoms with E-state index in [4.69, 9.17) is 10.5 Å². The molecule has 0 aromatic heterocycles. The van der Waals surface area contributed by atoms with Crippen LogP contribution in [0.1, 0.15) is 52.5 Å². The summed E-state index contributed by atoms with van der Waals surface area (Å²) >= 11 is 1.74. The average Bonchev–Trinajstić information content (AvgIpc) is 2.38. The molecule has 0 aliphatic heterocycles. The topological polar surface area (TPSA) is 52.3 Å². The zero-order valence-corrected chi connectivity index (χ0v) is 14.5. The molecule has 0 bridgehead atoms. The van der Waals surface area contributed by atoms with Gasteiger partial charge in [0.25, 0.3) is 0 Å². The molecule has 0 radical (unpaired) electrons. The number of hydrogen-bond acceptors (Lipinski definition) is 4. The fourth-order valence-electron chi connectivity index (χ4n) is 2.18. The van der Waals surface area contributed by atoms with Crippen LogP contribution in [0.15, 0.2) is 29.2 Å². The highest BCUT2D eigenvalue weighted by Gasteiger charge is 2.32. The van der Waals surface area contributed by atoms with Crippen molar-refractivity contribution in [1.29, 1.82) is 0 Å². The lowest BCUT2D eigenvalue weighted by atomic mass is 9.98. The second kappa shape index (κ2) is 7.85. The summed E-state index contributed by atoms with van der Waals surface area (Å²) in [4.78, 5) is 13.0. The number of ether oxygens (including phenoxy) is 1. The minimum absolute atomic E-state index is 0.245. The zero-order chi connectivity index (χ0) is 16.0. The lowest BCUT2D eigenvalue weighted by Crippen LogP contribution is -2.47. The van der Waals surface area contributed by atoms with Crippen LogP contribution in [0.4, 0.5) is 0 Å². The van der Waals surface area contributed by atoms with Crippen molar-refractivity contribution in [3.8, 4) is 0 Å². The first-order chi connectivity index (χ1) is 9.76. The molecular formula is C17H27NO2S. The van der Waals surface area contributed by atoms with Crippen LogP contribution in [0, 0.1) is 0 Å². The lowest BCUT2D eigenvalue weighted by Gasteiger charge is -2.25. The molecule has 3 nitrogen and oxygen atoms in total. The molecule has 0 saturated carbocycles. The molecule has 0 saturated heterocycles. The van der Waals surface area contributed by atoms with Crippen LogP contribution in [0.3, 0.4) is 0 Å². The Hall–Kier alpha value is -1.00. The molecule has 4 heteroatoms. The maximum atomic E-state index is 11.8. The fraction of sp³-hybridized carbons (Fsp3) is 0.588. The van der Waals surface area contributed by atoms with Gasteiger partial charge >= 0.3 is 5.97 Å². The van der Waals surface area contributed by atoms with E-state index in [9.17, 15) is 4.79 Å². The summed E-state index contributed by atoms with van der Waals surface area (Å²) in [5.74, 6) is 0.213. The van der Waals surface area contributed by atoms with Crippen molar-refractivity contribution in [3.05, 3.63) is 29.8 Å². The molecule has 0 heterocycles. The summed E-state index contributed by atoms with van der Waals surface area (Å²) in [5, 5.41) is 0.245. The largest absolute Gasteiger partial charge is 0.465 e. The first-order valence-electron chi connectivity index (χ1n) is 7.49. The second-order valence-electron chi connectivity index (χ2n) is 5.99. The molecule has 0 amide bonds. The van der Waals surface area contributed by atoms with Gasteiger partial charge in [-0.1, -0.05) is 32.9 Å². The van der Waals surface area contributed by atoms with Crippen LogP contribution in [-0.2, 0) is 9.53 Å². The van der Waals surface area contributed by atoms with Gasteiger partial charge in [0.1, 0.15) is 5.54 Å². The van der Waals surface area contributed by atoms with Gasteiger partial charge < -0.3 is 10.5 Å². The van der Waals surface area contributed by atoms with E-state index in [0.29, 0.717) is 18.9 Å². The Kier molecular flexibility index (Phi) is 6.75. The molecule has 21 heavy (non-hydrogen) atoms. The smallest absolute Gasteiger partial charge is 0.325 e. The van der Waals surface area contributed by atoms with Crippen LogP contribution >= 0.6 is 11.8 Å². The molecule has 1 aromatic carbocycles. The van der Waals surface area contributed by atoms with E-state index in [1.807, 2.05) is 0 Å². The second-order valence-corrected chi connectivity index (χ2v) is 7.51. The standard InChI is InChI=1S/C17H27NO2S/c1-6-20-16(19)17(5,18)11-13(4)21-15-9-7-14(8-10-15)12(2)3/h7-10,12-13H,6,11,18H2,1-5H3. The van der Waals surface area contributed by atoms with Crippen LogP contribution in [-0.4, -0.2) is 23.4 Å². The molecule has 1 aromatic rings. The van der Waals surface area contributed by atoms with Gasteiger partial charge in [0, 0.05) is 10.1 Å². The summed E-state index contributed by atoms with van der Waals surface area (Å²) in [6.07, 6.45) is 0.586. The Morgan fingerprint density at radius 1 is 1.29 bits per heavy atom. The van der Waals surface area contributed by atoms with Crippen LogP contribution < -0.4 is 5.73 Å². The van der Waals surface area contributed by atoms with E-state index in [-0.39, 0.29) is 11.2 Å². The van der Waals surface area contributed by atoms with E-state index in [0.717, 1.165) is 0 Å². The van der Waals surface area contributed by atoms with Gasteiger partial charge in [-0.05, 0) is 43.9 Å². The van der Waals surface area contributed by atoms with Gasteiger partial charge in [0.15, 0.2) is 0 Å². The highest BCUT2D eigenvalue weighted by atomic mass is 32.2. The van der Waals surface area contributed by atoms with Crippen LogP contribution in [0.5, 0.6) is 0 Å². The summed E-state index contributed by atoms with van der Waals surface area (Å²) < 4.78 is 5.03. The minimum atomic E-state index is -0.930. The molecule has 118 valence electrons. The number of hydrogen-bond donors (Lipinski definition) is 1. The van der Waals surface area contributed by atoms with Crippen molar-refractivity contribution in [2.45, 2.75) is 62.6 Å². The van der Waals surface area contributed by atoms with E-state index >= 15 is 0 Å². The predicted octanol–water partition coefficient (Wildman–Crippen LogP) is 3.96. The van der Waals surface area contributed by atoms with Gasteiger partial charge in [0.05, 0.1) is 6.61 Å². The van der Waals surface area contributed by atoms with E-state index in [1.165, 1.54) is 10.5 Å². The van der Waals surface area contributed by atoms with Crippen LogP contribution in [0.2, 0.25) is 0 Å². The van der Waals surface area contributed by atoms with E-state index in [2.05, 4.69) is 45.0 Å². The Bertz CT molecular complexity index is 454. The first-order valence-corrected chi connectivity index (χ1v) is 8.37. The molecule has 2 atom stereocenters. The normalized spacial score (nSPS) is 15.6. The number of benzene rings is 1. The van der Waals surface area contributed by atoms with E-state index < -0.39 is 5.54 Å². The summed E-state index contributed by atoms with van der Waals surface area (Å²) in [6.45, 7) is 10.4. The molecule has 2 N–H and O–H groups in total. The number of nitrogens with two attached hydrogens (primary N) is 1. The lowest BCUT2D eigenvalue weighted by molar-refractivity contribution is -0.149. The molecule has 0 aliphatic carbocycles. The van der Waals surface area contributed by atoms with Gasteiger partial charge in [0.2, 0.25) is 0 Å². The minimum Gasteiger partial charge on any atom is -0.465 e. The Labute approximate surface area is 132 Å². The number of carbonyl (C=O) groups is 1. The number of carbonyl (C=O) groups excluding carboxylic acids is 1. The number of rotatable bonds is 7. The quantitative estimate of drug-likeness (QED) is 0.612. The van der Waals surface area contributed by atoms with Crippen molar-refractivity contribution in [3.63, 3.8) is 0 Å². The van der Waals surface area contributed by atoms with Crippen molar-refractivity contribution in [2.75, 3.05) is 6.61 Å². The number of thioether (sulfide) groups is 1. The number of esters is 1. The maximum Gasteiger partial charge on any atom is 0.325 e. The van der Waals surface area contributed by atoms with Gasteiger partial charge in [-0.3, -0.25) is 4.79 Å². The molecule has 1 rings (SSSR count). The molecule has 2 unspecified atom stereocenters. The highest BCUT2D eigenvalue weighted by molar-refractivity contribution is 7.99. The van der Waals surface area contributed by atoms with Gasteiger partial charge in [-0.2, -0.15) is 0 Å². The Morgan fingerprint density at radius 2 is 1.86 bits per heavy atom. The summed E-state index contributed by atoms with van der Waals surface area (Å²) in [6, 6.07) is 8.59. The maximum absolute atomic E-state index is 11.8. The average molecular weight is 309 g/mol. The third-order valence-corrected chi connectivity index (χ3v) is 4.45. The van der Waals surface area contributed by atoms with Crippen LogP contribution in [0.25, 0.3) is 0 Å². The Balaban J connectivity index is 2.60. The highest BCUT2D eigenvalue weighted by Crippen LogP contribution is 2.29. The third kappa shape index (κ3) is 5.71. The predicted molar refractivity (Wildman–Crippen MR) is 89.7 cm³/mol.